The number of ether oxygens (including phenoxy) is 2. The predicted molar refractivity (Wildman–Crippen MR) is 62.9 cm³/mol. The molecule has 0 unspecified atom stereocenters. The lowest BCUT2D eigenvalue weighted by molar-refractivity contribution is 0.0705. The van der Waals surface area contributed by atoms with Crippen LogP contribution in [0.25, 0.3) is 0 Å². The molecule has 0 aliphatic rings. The minimum Gasteiger partial charge on any atom is -0.491 e. The molecule has 3 N–H and O–H groups in total. The van der Waals surface area contributed by atoms with Crippen LogP contribution in [0.1, 0.15) is 0 Å². The van der Waals surface area contributed by atoms with Crippen molar-refractivity contribution >= 4 is 12.0 Å². The molecule has 0 aromatic heterocycles. The molecule has 1 rings (SSSR count). The van der Waals surface area contributed by atoms with E-state index in [9.17, 15) is 0 Å². The van der Waals surface area contributed by atoms with Crippen molar-refractivity contribution in [1.29, 1.82) is 0 Å². The fourth-order valence-corrected chi connectivity index (χ4v) is 1.12. The lowest BCUT2D eigenvalue weighted by Crippen LogP contribution is -2.08. The van der Waals surface area contributed by atoms with Gasteiger partial charge in [0.25, 0.3) is 0 Å². The molecule has 0 heterocycles. The Kier molecular flexibility index (Phi) is 6.73. The average Bonchev–Trinajstić information content (AvgIpc) is 2.37. The van der Waals surface area contributed by atoms with Gasteiger partial charge < -0.3 is 14.6 Å². The van der Waals surface area contributed by atoms with Gasteiger partial charge in [0.05, 0.1) is 25.5 Å². The van der Waals surface area contributed by atoms with Gasteiger partial charge in [0, 0.05) is 0 Å². The van der Waals surface area contributed by atoms with Crippen molar-refractivity contribution in [2.24, 2.45) is 4.99 Å². The molecule has 0 saturated heterocycles. The molecule has 0 aliphatic heterocycles. The molecule has 1 aromatic carbocycles. The number of rotatable bonds is 8. The number of nitrogens with one attached hydrogen (secondary N) is 1. The molecule has 0 fully saturated rings. The molecule has 0 spiro atoms. The Morgan fingerprint density at radius 2 is 1.94 bits per heavy atom. The Balaban J connectivity index is 2.28. The Morgan fingerprint density at radius 1 is 1.18 bits per heavy atom. The molecule has 0 radical (unpaired) electrons. The van der Waals surface area contributed by atoms with Gasteiger partial charge in [0.1, 0.15) is 18.7 Å². The van der Waals surface area contributed by atoms with E-state index in [0.717, 1.165) is 0 Å². The highest BCUT2D eigenvalue weighted by molar-refractivity contribution is 5.59. The minimum absolute atomic E-state index is 0.0194. The second-order valence-electron chi connectivity index (χ2n) is 3.07. The maximum atomic E-state index is 8.48. The van der Waals surface area contributed by atoms with Crippen LogP contribution in [0.2, 0.25) is 0 Å². The van der Waals surface area contributed by atoms with E-state index in [1.54, 1.807) is 24.3 Å². The van der Waals surface area contributed by atoms with Crippen LogP contribution < -0.4 is 10.2 Å². The molecular formula is C11H16N2O4. The number of aliphatic imine (C=N–C) groups is 1. The smallest absolute Gasteiger partial charge is 0.119 e. The quantitative estimate of drug-likeness (QED) is 0.270. The first kappa shape index (κ1) is 13.4. The summed E-state index contributed by atoms with van der Waals surface area (Å²) in [4.78, 5) is 3.89. The summed E-state index contributed by atoms with van der Waals surface area (Å²) >= 11 is 0. The third kappa shape index (κ3) is 5.86. The van der Waals surface area contributed by atoms with Crippen molar-refractivity contribution < 1.29 is 19.8 Å². The van der Waals surface area contributed by atoms with Crippen LogP contribution in [0, 0.1) is 0 Å². The topological polar surface area (TPSA) is 83.3 Å². The number of aliphatic hydroxyl groups excluding tert-OH is 1. The van der Waals surface area contributed by atoms with Gasteiger partial charge in [-0.2, -0.15) is 0 Å². The van der Waals surface area contributed by atoms with Crippen molar-refractivity contribution in [2.45, 2.75) is 0 Å². The second kappa shape index (κ2) is 8.51. The zero-order valence-corrected chi connectivity index (χ0v) is 9.37. The minimum atomic E-state index is 0.0194. The third-order valence-corrected chi connectivity index (χ3v) is 1.84. The summed E-state index contributed by atoms with van der Waals surface area (Å²) in [6.07, 6.45) is 1.18. The summed E-state index contributed by atoms with van der Waals surface area (Å²) < 4.78 is 10.4. The number of hydrogen-bond acceptors (Lipinski definition) is 5. The fourth-order valence-electron chi connectivity index (χ4n) is 1.12. The van der Waals surface area contributed by atoms with Crippen LogP contribution in [0.15, 0.2) is 29.3 Å². The SMILES string of the molecule is OCCOCCOc1ccc(N=CNO)cc1. The van der Waals surface area contributed by atoms with Crippen LogP contribution in [0.3, 0.4) is 0 Å². The maximum Gasteiger partial charge on any atom is 0.119 e. The van der Waals surface area contributed by atoms with Gasteiger partial charge in [-0.3, -0.25) is 10.7 Å². The highest BCUT2D eigenvalue weighted by Crippen LogP contribution is 2.17. The number of hydrogen-bond donors (Lipinski definition) is 3. The summed E-state index contributed by atoms with van der Waals surface area (Å²) in [5.74, 6) is 0.716. The maximum absolute atomic E-state index is 8.48. The molecule has 0 amide bonds. The summed E-state index contributed by atoms with van der Waals surface area (Å²) in [6, 6.07) is 7.07. The van der Waals surface area contributed by atoms with Gasteiger partial charge in [-0.05, 0) is 24.3 Å². The predicted octanol–water partition coefficient (Wildman–Crippen LogP) is 0.713. The van der Waals surface area contributed by atoms with Gasteiger partial charge in [-0.1, -0.05) is 0 Å². The summed E-state index contributed by atoms with van der Waals surface area (Å²) in [6.45, 7) is 1.21. The zero-order chi connectivity index (χ0) is 12.3. The molecule has 6 heteroatoms. The van der Waals surface area contributed by atoms with Crippen LogP contribution >= 0.6 is 0 Å². The van der Waals surface area contributed by atoms with E-state index in [1.807, 2.05) is 5.48 Å². The lowest BCUT2D eigenvalue weighted by Gasteiger charge is -2.06. The second-order valence-corrected chi connectivity index (χ2v) is 3.07. The highest BCUT2D eigenvalue weighted by Gasteiger charge is 1.94. The summed E-state index contributed by atoms with van der Waals surface area (Å²) in [5.41, 5.74) is 2.53. The number of aliphatic hydroxyl groups is 1. The first-order valence-corrected chi connectivity index (χ1v) is 5.20. The van der Waals surface area contributed by atoms with Gasteiger partial charge in [-0.15, -0.1) is 0 Å². The molecule has 0 aliphatic carbocycles. The van der Waals surface area contributed by atoms with E-state index in [4.69, 9.17) is 19.8 Å². The van der Waals surface area contributed by atoms with Gasteiger partial charge >= 0.3 is 0 Å². The summed E-state index contributed by atoms with van der Waals surface area (Å²) in [7, 11) is 0. The molecule has 94 valence electrons. The first-order valence-electron chi connectivity index (χ1n) is 5.20. The van der Waals surface area contributed by atoms with E-state index in [2.05, 4.69) is 4.99 Å². The molecule has 17 heavy (non-hydrogen) atoms. The van der Waals surface area contributed by atoms with Crippen molar-refractivity contribution in [3.63, 3.8) is 0 Å². The standard InChI is InChI=1S/C11H16N2O4/c14-5-6-16-7-8-17-11-3-1-10(2-4-11)12-9-13-15/h1-4,9,14-15H,5-8H2,(H,12,13). The normalized spacial score (nSPS) is 10.7. The number of hydroxylamine groups is 1. The fraction of sp³-hybridized carbons (Fsp3) is 0.364. The Bertz CT molecular complexity index is 327. The lowest BCUT2D eigenvalue weighted by atomic mass is 10.3. The van der Waals surface area contributed by atoms with Crippen molar-refractivity contribution in [3.8, 4) is 5.75 Å². The largest absolute Gasteiger partial charge is 0.491 e. The average molecular weight is 240 g/mol. The van der Waals surface area contributed by atoms with Crippen molar-refractivity contribution in [3.05, 3.63) is 24.3 Å². The van der Waals surface area contributed by atoms with Crippen molar-refractivity contribution in [1.82, 2.24) is 5.48 Å². The highest BCUT2D eigenvalue weighted by atomic mass is 16.5. The molecule has 1 aromatic rings. The van der Waals surface area contributed by atoms with Crippen LogP contribution in [-0.4, -0.2) is 43.1 Å². The Labute approximate surface area is 99.5 Å². The Morgan fingerprint density at radius 3 is 2.59 bits per heavy atom. The molecule has 0 bridgehead atoms. The molecule has 0 saturated carbocycles. The van der Waals surface area contributed by atoms with E-state index in [-0.39, 0.29) is 6.61 Å². The first-order chi connectivity index (χ1) is 8.36. The van der Waals surface area contributed by atoms with Gasteiger partial charge in [0.15, 0.2) is 0 Å². The molecular weight excluding hydrogens is 224 g/mol. The van der Waals surface area contributed by atoms with Gasteiger partial charge in [0.2, 0.25) is 0 Å². The monoisotopic (exact) mass is 240 g/mol. The molecule has 0 atom stereocenters. The van der Waals surface area contributed by atoms with E-state index in [0.29, 0.717) is 31.3 Å². The van der Waals surface area contributed by atoms with Gasteiger partial charge in [-0.25, -0.2) is 4.99 Å². The van der Waals surface area contributed by atoms with E-state index >= 15 is 0 Å². The van der Waals surface area contributed by atoms with Crippen LogP contribution in [0.5, 0.6) is 5.75 Å². The number of benzene rings is 1. The summed E-state index contributed by atoms with van der Waals surface area (Å²) in [5, 5.41) is 16.8. The zero-order valence-electron chi connectivity index (χ0n) is 9.37. The molecule has 6 nitrogen and oxygen atoms in total. The van der Waals surface area contributed by atoms with E-state index < -0.39 is 0 Å². The Hall–Kier alpha value is -1.63. The van der Waals surface area contributed by atoms with Crippen molar-refractivity contribution in [2.75, 3.05) is 26.4 Å². The van der Waals surface area contributed by atoms with Crippen LogP contribution in [-0.2, 0) is 4.74 Å². The van der Waals surface area contributed by atoms with E-state index in [1.165, 1.54) is 6.34 Å². The number of nitrogens with zero attached hydrogens (tertiary/aromatic N) is 1. The van der Waals surface area contributed by atoms with Crippen LogP contribution in [0.4, 0.5) is 5.69 Å². The third-order valence-electron chi connectivity index (χ3n) is 1.84.